The van der Waals surface area contributed by atoms with Crippen molar-refractivity contribution in [1.29, 1.82) is 0 Å². The van der Waals surface area contributed by atoms with E-state index in [0.717, 1.165) is 13.1 Å². The van der Waals surface area contributed by atoms with Crippen LogP contribution in [0.4, 0.5) is 6.01 Å². The molecule has 5 nitrogen and oxygen atoms in total. The summed E-state index contributed by atoms with van der Waals surface area (Å²) < 4.78 is 5.63. The Morgan fingerprint density at radius 3 is 2.88 bits per heavy atom. The smallest absolute Gasteiger partial charge is 0.318 e. The minimum atomic E-state index is 0.433. The maximum absolute atomic E-state index is 5.63. The molecule has 17 heavy (non-hydrogen) atoms. The average Bonchev–Trinajstić information content (AvgIpc) is 2.64. The zero-order valence-electron chi connectivity index (χ0n) is 11.0. The van der Waals surface area contributed by atoms with Gasteiger partial charge in [0.25, 0.3) is 0 Å². The fraction of sp³-hybridized carbons (Fsp3) is 0.833. The number of hydrogen-bond donors (Lipinski definition) is 1. The predicted octanol–water partition coefficient (Wildman–Crippen LogP) is 1.81. The van der Waals surface area contributed by atoms with Crippen LogP contribution in [0, 0.1) is 5.41 Å². The van der Waals surface area contributed by atoms with Crippen LogP contribution in [0.3, 0.4) is 0 Å². The molecule has 0 unspecified atom stereocenters. The fourth-order valence-electron chi connectivity index (χ4n) is 2.21. The summed E-state index contributed by atoms with van der Waals surface area (Å²) in [6.45, 7) is 7.32. The van der Waals surface area contributed by atoms with Crippen molar-refractivity contribution >= 4 is 6.01 Å². The molecule has 0 aliphatic carbocycles. The maximum atomic E-state index is 5.63. The summed E-state index contributed by atoms with van der Waals surface area (Å²) in [5.74, 6) is 0.658. The van der Waals surface area contributed by atoms with Crippen molar-refractivity contribution in [1.82, 2.24) is 15.5 Å². The zero-order chi connectivity index (χ0) is 12.3. The van der Waals surface area contributed by atoms with Gasteiger partial charge in [-0.15, -0.1) is 5.10 Å². The van der Waals surface area contributed by atoms with Crippen LogP contribution in [0.5, 0.6) is 0 Å². The van der Waals surface area contributed by atoms with Gasteiger partial charge < -0.3 is 14.6 Å². The lowest BCUT2D eigenvalue weighted by atomic mass is 9.85. The van der Waals surface area contributed by atoms with Gasteiger partial charge in [0.2, 0.25) is 5.89 Å². The van der Waals surface area contributed by atoms with Gasteiger partial charge in [-0.25, -0.2) is 0 Å². The van der Waals surface area contributed by atoms with Gasteiger partial charge in [-0.1, -0.05) is 18.9 Å². The molecule has 0 bridgehead atoms. The topological polar surface area (TPSA) is 54.2 Å². The molecule has 2 rings (SSSR count). The summed E-state index contributed by atoms with van der Waals surface area (Å²) in [7, 11) is 1.87. The van der Waals surface area contributed by atoms with E-state index < -0.39 is 0 Å². The number of nitrogens with one attached hydrogen (secondary N) is 1. The summed E-state index contributed by atoms with van der Waals surface area (Å²) in [6.07, 6.45) is 3.63. The van der Waals surface area contributed by atoms with E-state index in [4.69, 9.17) is 4.42 Å². The molecule has 1 aromatic heterocycles. The summed E-state index contributed by atoms with van der Waals surface area (Å²) in [5.41, 5.74) is 0.433. The Bertz CT molecular complexity index is 361. The van der Waals surface area contributed by atoms with Gasteiger partial charge in [0, 0.05) is 13.1 Å². The highest BCUT2D eigenvalue weighted by molar-refractivity contribution is 5.24. The molecule has 0 amide bonds. The lowest BCUT2D eigenvalue weighted by Gasteiger charge is -2.22. The zero-order valence-corrected chi connectivity index (χ0v) is 11.0. The van der Waals surface area contributed by atoms with Crippen molar-refractivity contribution in [2.45, 2.75) is 39.7 Å². The molecule has 0 radical (unpaired) electrons. The fourth-order valence-corrected chi connectivity index (χ4v) is 2.21. The van der Waals surface area contributed by atoms with E-state index in [1.54, 1.807) is 0 Å². The largest absolute Gasteiger partial charge is 0.407 e. The number of nitrogens with zero attached hydrogens (tertiary/aromatic N) is 3. The lowest BCUT2D eigenvalue weighted by Crippen LogP contribution is -2.25. The van der Waals surface area contributed by atoms with Crippen molar-refractivity contribution in [3.05, 3.63) is 5.89 Å². The molecular weight excluding hydrogens is 216 g/mol. The summed E-state index contributed by atoms with van der Waals surface area (Å²) in [4.78, 5) is 2.21. The van der Waals surface area contributed by atoms with Crippen LogP contribution >= 0.6 is 0 Å². The molecule has 5 heteroatoms. The van der Waals surface area contributed by atoms with Gasteiger partial charge in [-0.05, 0) is 31.7 Å². The molecule has 1 saturated heterocycles. The molecule has 0 aromatic carbocycles. The Kier molecular flexibility index (Phi) is 3.66. The highest BCUT2D eigenvalue weighted by Crippen LogP contribution is 2.31. The van der Waals surface area contributed by atoms with Gasteiger partial charge in [0.05, 0.1) is 6.54 Å². The number of hydrogen-bond acceptors (Lipinski definition) is 5. The first kappa shape index (κ1) is 12.4. The van der Waals surface area contributed by atoms with E-state index in [9.17, 15) is 0 Å². The molecule has 0 saturated carbocycles. The van der Waals surface area contributed by atoms with E-state index in [1.807, 2.05) is 7.05 Å². The number of rotatable bonds is 3. The van der Waals surface area contributed by atoms with Crippen LogP contribution in [-0.4, -0.2) is 30.3 Å². The van der Waals surface area contributed by atoms with E-state index in [1.165, 1.54) is 19.3 Å². The standard InChI is InChI=1S/C12H22N4O/c1-12(2)5-4-7-16(8-6-12)11-15-14-10(17-11)9-13-3/h13H,4-9H2,1-3H3. The molecule has 0 atom stereocenters. The quantitative estimate of drug-likeness (QED) is 0.870. The van der Waals surface area contributed by atoms with Crippen LogP contribution in [0.15, 0.2) is 4.42 Å². The van der Waals surface area contributed by atoms with Gasteiger partial charge in [0.1, 0.15) is 0 Å². The number of aromatic nitrogens is 2. The first-order valence-electron chi connectivity index (χ1n) is 6.33. The third-order valence-electron chi connectivity index (χ3n) is 3.39. The highest BCUT2D eigenvalue weighted by Gasteiger charge is 2.25. The van der Waals surface area contributed by atoms with E-state index in [-0.39, 0.29) is 0 Å². The normalized spacial score (nSPS) is 20.3. The van der Waals surface area contributed by atoms with Gasteiger partial charge >= 0.3 is 6.01 Å². The molecule has 1 aliphatic rings. The van der Waals surface area contributed by atoms with Gasteiger partial charge in [-0.2, -0.15) is 0 Å². The first-order valence-corrected chi connectivity index (χ1v) is 6.33. The Morgan fingerprint density at radius 1 is 1.29 bits per heavy atom. The summed E-state index contributed by atoms with van der Waals surface area (Å²) in [5, 5.41) is 11.2. The van der Waals surface area contributed by atoms with E-state index in [0.29, 0.717) is 23.9 Å². The van der Waals surface area contributed by atoms with Crippen LogP contribution in [0.25, 0.3) is 0 Å². The Hall–Kier alpha value is -1.10. The summed E-state index contributed by atoms with van der Waals surface area (Å²) in [6, 6.07) is 0.674. The summed E-state index contributed by atoms with van der Waals surface area (Å²) >= 11 is 0. The van der Waals surface area contributed by atoms with Crippen LogP contribution in [0.2, 0.25) is 0 Å². The predicted molar refractivity (Wildman–Crippen MR) is 66.9 cm³/mol. The Balaban J connectivity index is 2.01. The molecule has 0 spiro atoms. The minimum Gasteiger partial charge on any atom is -0.407 e. The highest BCUT2D eigenvalue weighted by atomic mass is 16.4. The van der Waals surface area contributed by atoms with Crippen LogP contribution in [-0.2, 0) is 6.54 Å². The monoisotopic (exact) mass is 238 g/mol. The third-order valence-corrected chi connectivity index (χ3v) is 3.39. The van der Waals surface area contributed by atoms with Crippen molar-refractivity contribution < 1.29 is 4.42 Å². The molecule has 1 fully saturated rings. The Morgan fingerprint density at radius 2 is 2.12 bits per heavy atom. The average molecular weight is 238 g/mol. The van der Waals surface area contributed by atoms with Crippen LogP contribution < -0.4 is 10.2 Å². The molecule has 1 N–H and O–H groups in total. The molecule has 1 aliphatic heterocycles. The second kappa shape index (κ2) is 5.04. The van der Waals surface area contributed by atoms with Crippen molar-refractivity contribution in [2.24, 2.45) is 5.41 Å². The molecular formula is C12H22N4O. The second-order valence-electron chi connectivity index (χ2n) is 5.51. The minimum absolute atomic E-state index is 0.433. The lowest BCUT2D eigenvalue weighted by molar-refractivity contribution is 0.324. The van der Waals surface area contributed by atoms with E-state index >= 15 is 0 Å². The maximum Gasteiger partial charge on any atom is 0.318 e. The third kappa shape index (κ3) is 3.19. The SMILES string of the molecule is CNCc1nnc(N2CCCC(C)(C)CC2)o1. The number of anilines is 1. The van der Waals surface area contributed by atoms with Crippen molar-refractivity contribution in [2.75, 3.05) is 25.0 Å². The van der Waals surface area contributed by atoms with Gasteiger partial charge in [0.15, 0.2) is 0 Å². The molecule has 2 heterocycles. The first-order chi connectivity index (χ1) is 8.11. The Labute approximate surface area is 103 Å². The molecule has 1 aromatic rings. The van der Waals surface area contributed by atoms with E-state index in [2.05, 4.69) is 34.3 Å². The van der Waals surface area contributed by atoms with Crippen LogP contribution in [0.1, 0.15) is 39.0 Å². The second-order valence-corrected chi connectivity index (χ2v) is 5.51. The van der Waals surface area contributed by atoms with Gasteiger partial charge in [-0.3, -0.25) is 0 Å². The molecule has 96 valence electrons. The van der Waals surface area contributed by atoms with Crippen molar-refractivity contribution in [3.8, 4) is 0 Å². The van der Waals surface area contributed by atoms with Crippen molar-refractivity contribution in [3.63, 3.8) is 0 Å².